The molecule has 122 valence electrons. The molecule has 2 fully saturated rings. The third-order valence-electron chi connectivity index (χ3n) is 5.25. The van der Waals surface area contributed by atoms with Crippen LogP contribution in [-0.4, -0.2) is 55.1 Å². The maximum Gasteiger partial charge on any atom is 0.0415 e. The highest BCUT2D eigenvalue weighted by Crippen LogP contribution is 2.41. The van der Waals surface area contributed by atoms with E-state index in [1.807, 2.05) is 0 Å². The van der Waals surface area contributed by atoms with Crippen molar-refractivity contribution in [3.05, 3.63) is 29.8 Å². The highest BCUT2D eigenvalue weighted by atomic mass is 15.3. The molecular weight excluding hydrogens is 270 g/mol. The lowest BCUT2D eigenvalue weighted by molar-refractivity contribution is 0.122. The summed E-state index contributed by atoms with van der Waals surface area (Å²) < 4.78 is 0. The van der Waals surface area contributed by atoms with E-state index in [9.17, 15) is 0 Å². The lowest BCUT2D eigenvalue weighted by atomic mass is 9.97. The van der Waals surface area contributed by atoms with Gasteiger partial charge in [0.1, 0.15) is 0 Å². The van der Waals surface area contributed by atoms with Gasteiger partial charge in [0, 0.05) is 43.4 Å². The summed E-state index contributed by atoms with van der Waals surface area (Å²) in [6, 6.07) is 9.69. The molecule has 0 N–H and O–H groups in total. The van der Waals surface area contributed by atoms with Crippen molar-refractivity contribution < 1.29 is 0 Å². The van der Waals surface area contributed by atoms with Crippen LogP contribution in [0.2, 0.25) is 0 Å². The fourth-order valence-corrected chi connectivity index (χ4v) is 4.00. The van der Waals surface area contributed by atoms with Gasteiger partial charge in [-0.3, -0.25) is 4.90 Å². The van der Waals surface area contributed by atoms with Crippen LogP contribution in [0.15, 0.2) is 24.3 Å². The van der Waals surface area contributed by atoms with E-state index in [4.69, 9.17) is 0 Å². The average molecular weight is 301 g/mol. The van der Waals surface area contributed by atoms with Crippen molar-refractivity contribution in [3.63, 3.8) is 0 Å². The summed E-state index contributed by atoms with van der Waals surface area (Å²) in [4.78, 5) is 7.71. The van der Waals surface area contributed by atoms with Crippen LogP contribution in [0.4, 0.5) is 5.69 Å². The van der Waals surface area contributed by atoms with Gasteiger partial charge >= 0.3 is 0 Å². The molecule has 0 spiro atoms. The molecule has 2 heterocycles. The monoisotopic (exact) mass is 301 g/mol. The zero-order valence-corrected chi connectivity index (χ0v) is 14.7. The minimum Gasteiger partial charge on any atom is -0.369 e. The quantitative estimate of drug-likeness (QED) is 0.829. The SMILES string of the molecule is CN1CCN(c2ccccc2C2CCCN2C(C)(C)C)CC1. The topological polar surface area (TPSA) is 9.72 Å². The van der Waals surface area contributed by atoms with Gasteiger partial charge < -0.3 is 9.80 Å². The molecule has 1 atom stereocenters. The Hall–Kier alpha value is -1.06. The highest BCUT2D eigenvalue weighted by molar-refractivity contribution is 5.55. The number of piperazine rings is 1. The smallest absolute Gasteiger partial charge is 0.0415 e. The second-order valence-electron chi connectivity index (χ2n) is 7.87. The van der Waals surface area contributed by atoms with Gasteiger partial charge in [-0.2, -0.15) is 0 Å². The van der Waals surface area contributed by atoms with Gasteiger partial charge in [-0.25, -0.2) is 0 Å². The molecule has 0 bridgehead atoms. The third-order valence-corrected chi connectivity index (χ3v) is 5.25. The minimum absolute atomic E-state index is 0.246. The first-order valence-corrected chi connectivity index (χ1v) is 8.76. The number of hydrogen-bond donors (Lipinski definition) is 0. The van der Waals surface area contributed by atoms with Gasteiger partial charge in [0.05, 0.1) is 0 Å². The maximum absolute atomic E-state index is 2.70. The largest absolute Gasteiger partial charge is 0.369 e. The Morgan fingerprint density at radius 2 is 1.64 bits per heavy atom. The Kier molecular flexibility index (Phi) is 4.47. The van der Waals surface area contributed by atoms with Crippen molar-refractivity contribution in [1.82, 2.24) is 9.80 Å². The predicted molar refractivity (Wildman–Crippen MR) is 94.6 cm³/mol. The second-order valence-corrected chi connectivity index (χ2v) is 7.87. The Balaban J connectivity index is 1.88. The molecule has 0 aromatic heterocycles. The van der Waals surface area contributed by atoms with Crippen molar-refractivity contribution in [2.45, 2.75) is 45.2 Å². The van der Waals surface area contributed by atoms with E-state index >= 15 is 0 Å². The molecule has 1 unspecified atom stereocenters. The summed E-state index contributed by atoms with van der Waals surface area (Å²) in [5.74, 6) is 0. The van der Waals surface area contributed by atoms with Crippen LogP contribution in [-0.2, 0) is 0 Å². The van der Waals surface area contributed by atoms with E-state index < -0.39 is 0 Å². The second kappa shape index (κ2) is 6.21. The van der Waals surface area contributed by atoms with Gasteiger partial charge in [-0.15, -0.1) is 0 Å². The van der Waals surface area contributed by atoms with Gasteiger partial charge in [-0.05, 0) is 58.8 Å². The van der Waals surface area contributed by atoms with Crippen molar-refractivity contribution in [1.29, 1.82) is 0 Å². The maximum atomic E-state index is 2.70. The van der Waals surface area contributed by atoms with E-state index in [0.717, 1.165) is 13.1 Å². The Bertz CT molecular complexity index is 498. The first-order chi connectivity index (χ1) is 10.5. The van der Waals surface area contributed by atoms with Crippen LogP contribution in [0.25, 0.3) is 0 Å². The van der Waals surface area contributed by atoms with E-state index in [1.165, 1.54) is 38.2 Å². The van der Waals surface area contributed by atoms with Crippen LogP contribution >= 0.6 is 0 Å². The molecule has 2 aliphatic heterocycles. The van der Waals surface area contributed by atoms with Crippen LogP contribution in [0.1, 0.15) is 45.2 Å². The number of para-hydroxylation sites is 1. The molecule has 2 aliphatic rings. The molecule has 1 aromatic carbocycles. The minimum atomic E-state index is 0.246. The molecule has 3 rings (SSSR count). The number of rotatable bonds is 2. The molecule has 0 radical (unpaired) electrons. The molecule has 2 saturated heterocycles. The van der Waals surface area contributed by atoms with Crippen LogP contribution in [0.3, 0.4) is 0 Å². The zero-order chi connectivity index (χ0) is 15.7. The predicted octanol–water partition coefficient (Wildman–Crippen LogP) is 3.37. The molecule has 0 amide bonds. The van der Waals surface area contributed by atoms with E-state index in [2.05, 4.69) is 66.8 Å². The van der Waals surface area contributed by atoms with Crippen molar-refractivity contribution >= 4 is 5.69 Å². The number of hydrogen-bond acceptors (Lipinski definition) is 3. The van der Waals surface area contributed by atoms with E-state index in [0.29, 0.717) is 6.04 Å². The summed E-state index contributed by atoms with van der Waals surface area (Å²) in [6.07, 6.45) is 2.61. The van der Waals surface area contributed by atoms with Crippen molar-refractivity contribution in [2.24, 2.45) is 0 Å². The lowest BCUT2D eigenvalue weighted by Crippen LogP contribution is -2.45. The normalized spacial score (nSPS) is 24.9. The van der Waals surface area contributed by atoms with Crippen LogP contribution < -0.4 is 4.90 Å². The number of nitrogens with zero attached hydrogens (tertiary/aromatic N) is 3. The Labute approximate surface area is 135 Å². The molecular formula is C19H31N3. The number of anilines is 1. The average Bonchev–Trinajstić information content (AvgIpc) is 2.97. The van der Waals surface area contributed by atoms with E-state index in [1.54, 1.807) is 5.56 Å². The fourth-order valence-electron chi connectivity index (χ4n) is 4.00. The molecule has 3 heteroatoms. The molecule has 0 aliphatic carbocycles. The zero-order valence-electron chi connectivity index (χ0n) is 14.7. The summed E-state index contributed by atoms with van der Waals surface area (Å²) >= 11 is 0. The highest BCUT2D eigenvalue weighted by Gasteiger charge is 2.35. The van der Waals surface area contributed by atoms with Gasteiger partial charge in [-0.1, -0.05) is 18.2 Å². The van der Waals surface area contributed by atoms with Crippen molar-refractivity contribution in [3.8, 4) is 0 Å². The lowest BCUT2D eigenvalue weighted by Gasteiger charge is -2.40. The number of likely N-dealkylation sites (tertiary alicyclic amines) is 1. The standard InChI is InChI=1S/C19H31N3/c1-19(2,3)22-11-7-10-18(22)16-8-5-6-9-17(16)21-14-12-20(4)13-15-21/h5-6,8-9,18H,7,10-15H2,1-4H3. The third kappa shape index (κ3) is 3.16. The van der Waals surface area contributed by atoms with Crippen molar-refractivity contribution in [2.75, 3.05) is 44.7 Å². The van der Waals surface area contributed by atoms with Crippen LogP contribution in [0.5, 0.6) is 0 Å². The first kappa shape index (κ1) is 15.8. The van der Waals surface area contributed by atoms with Gasteiger partial charge in [0.25, 0.3) is 0 Å². The molecule has 0 saturated carbocycles. The van der Waals surface area contributed by atoms with Gasteiger partial charge in [0.15, 0.2) is 0 Å². The van der Waals surface area contributed by atoms with E-state index in [-0.39, 0.29) is 5.54 Å². The first-order valence-electron chi connectivity index (χ1n) is 8.76. The summed E-state index contributed by atoms with van der Waals surface area (Å²) in [6.45, 7) is 12.9. The van der Waals surface area contributed by atoms with Crippen LogP contribution in [0, 0.1) is 0 Å². The Morgan fingerprint density at radius 1 is 0.955 bits per heavy atom. The fraction of sp³-hybridized carbons (Fsp3) is 0.684. The number of benzene rings is 1. The molecule has 22 heavy (non-hydrogen) atoms. The molecule has 3 nitrogen and oxygen atoms in total. The summed E-state index contributed by atoms with van der Waals surface area (Å²) in [5.41, 5.74) is 3.26. The Morgan fingerprint density at radius 3 is 2.32 bits per heavy atom. The van der Waals surface area contributed by atoms with Gasteiger partial charge in [0.2, 0.25) is 0 Å². The number of likely N-dealkylation sites (N-methyl/N-ethyl adjacent to an activating group) is 1. The molecule has 1 aromatic rings. The summed E-state index contributed by atoms with van der Waals surface area (Å²) in [7, 11) is 2.22. The summed E-state index contributed by atoms with van der Waals surface area (Å²) in [5, 5.41) is 0.